The molecule has 1 aliphatic carbocycles. The smallest absolute Gasteiger partial charge is 0.333 e. The first kappa shape index (κ1) is 27.8. The number of carbonyl (C=O) groups is 2. The van der Waals surface area contributed by atoms with Crippen LogP contribution in [-0.2, 0) is 22.5 Å². The molecule has 0 radical (unpaired) electrons. The highest BCUT2D eigenvalue weighted by Crippen LogP contribution is 2.29. The van der Waals surface area contributed by atoms with Gasteiger partial charge in [0.25, 0.3) is 5.91 Å². The molecule has 2 aromatic carbocycles. The van der Waals surface area contributed by atoms with Crippen molar-refractivity contribution in [3.63, 3.8) is 0 Å². The van der Waals surface area contributed by atoms with Gasteiger partial charge in [0.15, 0.2) is 6.10 Å². The van der Waals surface area contributed by atoms with Crippen molar-refractivity contribution in [1.82, 2.24) is 5.32 Å². The Morgan fingerprint density at radius 2 is 1.78 bits per heavy atom. The number of halogens is 1. The molecule has 1 amide bonds. The Morgan fingerprint density at radius 1 is 1.06 bits per heavy atom. The van der Waals surface area contributed by atoms with Crippen molar-refractivity contribution in [3.8, 4) is 11.5 Å². The van der Waals surface area contributed by atoms with Gasteiger partial charge < -0.3 is 24.6 Å². The van der Waals surface area contributed by atoms with Gasteiger partial charge in [0.2, 0.25) is 0 Å². The van der Waals surface area contributed by atoms with Crippen molar-refractivity contribution >= 4 is 23.5 Å². The van der Waals surface area contributed by atoms with Gasteiger partial charge in [-0.2, -0.15) is 0 Å². The minimum Gasteiger partial charge on any atom is -0.491 e. The average molecular weight is 518 g/mol. The Morgan fingerprint density at radius 3 is 2.39 bits per heavy atom. The van der Waals surface area contributed by atoms with Crippen LogP contribution in [0.1, 0.15) is 74.9 Å². The second kappa shape index (κ2) is 13.0. The molecular formula is C28H36ClNO6. The number of nitrogens with one attached hydrogen (secondary N) is 1. The third-order valence-corrected chi connectivity index (χ3v) is 6.16. The lowest BCUT2D eigenvalue weighted by Crippen LogP contribution is -2.29. The van der Waals surface area contributed by atoms with E-state index in [0.29, 0.717) is 22.1 Å². The lowest BCUT2D eigenvalue weighted by Gasteiger charge is -2.20. The van der Waals surface area contributed by atoms with Gasteiger partial charge in [-0.3, -0.25) is 4.79 Å². The number of hydrogen-bond acceptors (Lipinski definition) is 5. The molecule has 0 aromatic heterocycles. The monoisotopic (exact) mass is 517 g/mol. The molecule has 1 fully saturated rings. The summed E-state index contributed by atoms with van der Waals surface area (Å²) < 4.78 is 17.5. The van der Waals surface area contributed by atoms with Crippen LogP contribution in [0.4, 0.5) is 0 Å². The highest BCUT2D eigenvalue weighted by molar-refractivity contribution is 6.34. The summed E-state index contributed by atoms with van der Waals surface area (Å²) in [6.07, 6.45) is 3.45. The van der Waals surface area contributed by atoms with Gasteiger partial charge in [0.1, 0.15) is 11.5 Å². The van der Waals surface area contributed by atoms with Crippen LogP contribution >= 0.6 is 11.6 Å². The van der Waals surface area contributed by atoms with E-state index in [0.717, 1.165) is 36.8 Å². The first-order valence-corrected chi connectivity index (χ1v) is 12.9. The summed E-state index contributed by atoms with van der Waals surface area (Å²) >= 11 is 6.35. The first-order chi connectivity index (χ1) is 17.1. The fourth-order valence-electron chi connectivity index (χ4n) is 4.23. The van der Waals surface area contributed by atoms with Crippen LogP contribution in [0.25, 0.3) is 0 Å². The van der Waals surface area contributed by atoms with E-state index in [2.05, 4.69) is 5.32 Å². The van der Waals surface area contributed by atoms with Gasteiger partial charge >= 0.3 is 5.97 Å². The summed E-state index contributed by atoms with van der Waals surface area (Å²) in [5.41, 5.74) is 1.91. The van der Waals surface area contributed by atoms with Crippen LogP contribution in [0.3, 0.4) is 0 Å². The normalized spacial score (nSPS) is 14.8. The third-order valence-electron chi connectivity index (χ3n) is 5.85. The zero-order valence-corrected chi connectivity index (χ0v) is 22.1. The Hall–Kier alpha value is -2.77. The summed E-state index contributed by atoms with van der Waals surface area (Å²) in [5, 5.41) is 12.8. The minimum absolute atomic E-state index is 0.00188. The molecular weight excluding hydrogens is 482 g/mol. The summed E-state index contributed by atoms with van der Waals surface area (Å²) in [4.78, 5) is 24.6. The van der Waals surface area contributed by atoms with E-state index in [1.165, 1.54) is 0 Å². The molecule has 1 atom stereocenters. The molecule has 3 rings (SSSR count). The number of amides is 1. The van der Waals surface area contributed by atoms with E-state index in [4.69, 9.17) is 25.8 Å². The van der Waals surface area contributed by atoms with Gasteiger partial charge in [0.05, 0.1) is 28.9 Å². The van der Waals surface area contributed by atoms with E-state index in [9.17, 15) is 14.7 Å². The minimum atomic E-state index is -1.01. The molecule has 8 heteroatoms. The molecule has 0 aliphatic heterocycles. The fourth-order valence-corrected chi connectivity index (χ4v) is 4.49. The highest BCUT2D eigenvalue weighted by atomic mass is 35.5. The summed E-state index contributed by atoms with van der Waals surface area (Å²) in [7, 11) is 0. The predicted molar refractivity (Wildman–Crippen MR) is 139 cm³/mol. The zero-order valence-electron chi connectivity index (χ0n) is 21.4. The lowest BCUT2D eigenvalue weighted by molar-refractivity contribution is -0.153. The van der Waals surface area contributed by atoms with Crippen molar-refractivity contribution in [1.29, 1.82) is 0 Å². The number of carboxylic acids is 1. The molecule has 0 spiro atoms. The molecule has 196 valence electrons. The van der Waals surface area contributed by atoms with E-state index < -0.39 is 12.1 Å². The first-order valence-electron chi connectivity index (χ1n) is 12.5. The van der Waals surface area contributed by atoms with Crippen LogP contribution in [0.15, 0.2) is 36.4 Å². The lowest BCUT2D eigenvalue weighted by atomic mass is 10.0. The number of aliphatic carboxylic acids is 1. The van der Waals surface area contributed by atoms with E-state index in [-0.39, 0.29) is 37.2 Å². The summed E-state index contributed by atoms with van der Waals surface area (Å²) in [5.74, 6) is -0.0401. The van der Waals surface area contributed by atoms with Crippen LogP contribution < -0.4 is 14.8 Å². The zero-order chi connectivity index (χ0) is 26.2. The number of hydrogen-bond donors (Lipinski definition) is 2. The standard InChI is InChI=1S/C28H36ClNO6/c1-17(2)34-22-10-11-23(24(29)15-22)27(31)30-16-20-13-19(14-26(28(32)33)35-18(3)4)9-12-25(20)36-21-7-5-6-8-21/h9-13,15,17-18,21,26H,5-8,14,16H2,1-4H3,(H,30,31)(H,32,33). The van der Waals surface area contributed by atoms with Crippen LogP contribution in [0.5, 0.6) is 11.5 Å². The average Bonchev–Trinajstić information content (AvgIpc) is 3.31. The van der Waals surface area contributed by atoms with Crippen LogP contribution in [0, 0.1) is 0 Å². The van der Waals surface area contributed by atoms with Crippen molar-refractivity contribution in [2.45, 2.75) is 90.8 Å². The molecule has 0 heterocycles. The predicted octanol–water partition coefficient (Wildman–Crippen LogP) is 5.80. The highest BCUT2D eigenvalue weighted by Gasteiger charge is 2.22. The Labute approximate surface area is 218 Å². The van der Waals surface area contributed by atoms with Gasteiger partial charge in [-0.05, 0) is 83.2 Å². The van der Waals surface area contributed by atoms with Crippen molar-refractivity contribution in [2.75, 3.05) is 0 Å². The molecule has 2 N–H and O–H groups in total. The topological polar surface area (TPSA) is 94.1 Å². The quantitative estimate of drug-likeness (QED) is 0.369. The maximum Gasteiger partial charge on any atom is 0.333 e. The third kappa shape index (κ3) is 8.14. The molecule has 1 unspecified atom stereocenters. The van der Waals surface area contributed by atoms with Crippen molar-refractivity contribution in [3.05, 3.63) is 58.1 Å². The summed E-state index contributed by atoms with van der Waals surface area (Å²) in [6, 6.07) is 10.6. The maximum atomic E-state index is 12.9. The van der Waals surface area contributed by atoms with E-state index in [1.54, 1.807) is 18.2 Å². The van der Waals surface area contributed by atoms with Crippen LogP contribution in [0.2, 0.25) is 5.02 Å². The van der Waals surface area contributed by atoms with Crippen molar-refractivity contribution in [2.24, 2.45) is 0 Å². The van der Waals surface area contributed by atoms with Crippen molar-refractivity contribution < 1.29 is 28.9 Å². The van der Waals surface area contributed by atoms with Gasteiger partial charge in [-0.25, -0.2) is 4.79 Å². The molecule has 0 saturated heterocycles. The molecule has 36 heavy (non-hydrogen) atoms. The second-order valence-electron chi connectivity index (χ2n) is 9.67. The number of carbonyl (C=O) groups excluding carboxylic acids is 1. The fraction of sp³-hybridized carbons (Fsp3) is 0.500. The van der Waals surface area contributed by atoms with Crippen LogP contribution in [-0.4, -0.2) is 41.4 Å². The van der Waals surface area contributed by atoms with E-state index >= 15 is 0 Å². The number of ether oxygens (including phenoxy) is 3. The number of benzene rings is 2. The molecule has 1 saturated carbocycles. The molecule has 1 aliphatic rings. The summed E-state index contributed by atoms with van der Waals surface area (Å²) in [6.45, 7) is 7.66. The Kier molecular flexibility index (Phi) is 10.0. The van der Waals surface area contributed by atoms with Gasteiger partial charge in [-0.15, -0.1) is 0 Å². The SMILES string of the molecule is CC(C)Oc1ccc(C(=O)NCc2cc(CC(OC(C)C)C(=O)O)ccc2OC2CCCC2)c(Cl)c1. The van der Waals surface area contributed by atoms with Gasteiger partial charge in [-0.1, -0.05) is 23.7 Å². The largest absolute Gasteiger partial charge is 0.491 e. The molecule has 7 nitrogen and oxygen atoms in total. The number of rotatable bonds is 12. The number of carboxylic acid groups (broad SMARTS) is 1. The Balaban J connectivity index is 1.77. The maximum absolute atomic E-state index is 12.9. The molecule has 2 aromatic rings. The van der Waals surface area contributed by atoms with E-state index in [1.807, 2.05) is 45.9 Å². The Bertz CT molecular complexity index is 1050. The second-order valence-corrected chi connectivity index (χ2v) is 10.1. The molecule has 0 bridgehead atoms. The van der Waals surface area contributed by atoms with Gasteiger partial charge in [0, 0.05) is 18.5 Å².